The molecule has 162 valence electrons. The monoisotopic (exact) mass is 402 g/mol. The second-order valence-electron chi connectivity index (χ2n) is 9.66. The molecule has 4 nitrogen and oxygen atoms in total. The third kappa shape index (κ3) is 7.17. The molecule has 29 heavy (non-hydrogen) atoms. The van der Waals surface area contributed by atoms with Crippen molar-refractivity contribution >= 4 is 11.9 Å². The highest BCUT2D eigenvalue weighted by Gasteiger charge is 2.49. The van der Waals surface area contributed by atoms with E-state index in [0.29, 0.717) is 0 Å². The molecule has 0 amide bonds. The molecule has 1 aliphatic rings. The van der Waals surface area contributed by atoms with Gasteiger partial charge in [-0.1, -0.05) is 43.9 Å². The van der Waals surface area contributed by atoms with Crippen LogP contribution >= 0.6 is 0 Å². The highest BCUT2D eigenvalue weighted by Crippen LogP contribution is 2.50. The van der Waals surface area contributed by atoms with Crippen molar-refractivity contribution in [2.24, 2.45) is 10.8 Å². The molecule has 0 bridgehead atoms. The summed E-state index contributed by atoms with van der Waals surface area (Å²) in [5.74, 6) is -1.31. The number of carboxylic acids is 2. The smallest absolute Gasteiger partial charge is 0.309 e. The summed E-state index contributed by atoms with van der Waals surface area (Å²) in [4.78, 5) is 22.3. The fourth-order valence-electron chi connectivity index (χ4n) is 4.05. The Morgan fingerprint density at radius 3 is 2.21 bits per heavy atom. The number of rotatable bonds is 14. The molecule has 1 aromatic rings. The van der Waals surface area contributed by atoms with Crippen molar-refractivity contribution < 1.29 is 19.8 Å². The lowest BCUT2D eigenvalue weighted by molar-refractivity contribution is -0.147. The van der Waals surface area contributed by atoms with Crippen molar-refractivity contribution in [1.29, 1.82) is 0 Å². The maximum Gasteiger partial charge on any atom is 0.309 e. The molecule has 0 radical (unpaired) electrons. The number of aryl methyl sites for hydroxylation is 3. The Hall–Kier alpha value is -1.84. The molecular weight excluding hydrogens is 364 g/mol. The Bertz CT molecular complexity index is 701. The van der Waals surface area contributed by atoms with Gasteiger partial charge in [-0.3, -0.25) is 9.59 Å². The maximum atomic E-state index is 11.2. The lowest BCUT2D eigenvalue weighted by Crippen LogP contribution is -2.23. The third-order valence-corrected chi connectivity index (χ3v) is 6.66. The van der Waals surface area contributed by atoms with E-state index in [0.717, 1.165) is 77.0 Å². The SMILES string of the molecule is Cc1cc(CCCCCC(C)(C)C(=O)O)ccc1CCCCCC1(C(=O)O)CC1. The zero-order chi connectivity index (χ0) is 21.5. The fraction of sp³-hybridized carbons (Fsp3) is 0.680. The summed E-state index contributed by atoms with van der Waals surface area (Å²) in [6, 6.07) is 6.77. The number of benzene rings is 1. The molecular formula is C25H38O4. The molecule has 0 aliphatic heterocycles. The van der Waals surface area contributed by atoms with Gasteiger partial charge in [0, 0.05) is 0 Å². The summed E-state index contributed by atoms with van der Waals surface area (Å²) in [7, 11) is 0. The Labute approximate surface area is 175 Å². The van der Waals surface area contributed by atoms with Crippen LogP contribution < -0.4 is 0 Å². The number of carboxylic acid groups (broad SMARTS) is 2. The zero-order valence-electron chi connectivity index (χ0n) is 18.4. The van der Waals surface area contributed by atoms with E-state index >= 15 is 0 Å². The van der Waals surface area contributed by atoms with E-state index in [9.17, 15) is 14.7 Å². The zero-order valence-corrected chi connectivity index (χ0v) is 18.4. The molecule has 0 atom stereocenters. The first-order valence-corrected chi connectivity index (χ1v) is 11.2. The first kappa shape index (κ1) is 23.4. The summed E-state index contributed by atoms with van der Waals surface area (Å²) in [6.07, 6.45) is 11.8. The molecule has 0 aromatic heterocycles. The molecule has 0 unspecified atom stereocenters. The summed E-state index contributed by atoms with van der Waals surface area (Å²) in [6.45, 7) is 5.78. The van der Waals surface area contributed by atoms with E-state index in [-0.39, 0.29) is 5.41 Å². The minimum Gasteiger partial charge on any atom is -0.481 e. The molecule has 0 spiro atoms. The summed E-state index contributed by atoms with van der Waals surface area (Å²) >= 11 is 0. The lowest BCUT2D eigenvalue weighted by atomic mass is 9.87. The number of unbranched alkanes of at least 4 members (excludes halogenated alkanes) is 4. The van der Waals surface area contributed by atoms with Crippen LogP contribution in [-0.4, -0.2) is 22.2 Å². The lowest BCUT2D eigenvalue weighted by Gasteiger charge is -2.18. The number of hydrogen-bond donors (Lipinski definition) is 2. The van der Waals surface area contributed by atoms with Crippen molar-refractivity contribution in [3.63, 3.8) is 0 Å². The van der Waals surface area contributed by atoms with Gasteiger partial charge in [0.2, 0.25) is 0 Å². The van der Waals surface area contributed by atoms with Crippen LogP contribution in [-0.2, 0) is 22.4 Å². The Morgan fingerprint density at radius 1 is 0.966 bits per heavy atom. The molecule has 4 heteroatoms. The predicted octanol–water partition coefficient (Wildman–Crippen LogP) is 6.18. The largest absolute Gasteiger partial charge is 0.481 e. The maximum absolute atomic E-state index is 11.2. The first-order valence-electron chi connectivity index (χ1n) is 11.2. The number of hydrogen-bond acceptors (Lipinski definition) is 2. The quantitative estimate of drug-likeness (QED) is 0.365. The Kier molecular flexibility index (Phi) is 8.30. The van der Waals surface area contributed by atoms with Crippen LogP contribution in [0.4, 0.5) is 0 Å². The predicted molar refractivity (Wildman–Crippen MR) is 116 cm³/mol. The van der Waals surface area contributed by atoms with Gasteiger partial charge in [-0.2, -0.15) is 0 Å². The average Bonchev–Trinajstić information content (AvgIpc) is 3.44. The summed E-state index contributed by atoms with van der Waals surface area (Å²) in [5.41, 5.74) is 3.11. The van der Waals surface area contributed by atoms with Crippen LogP contribution in [0.2, 0.25) is 0 Å². The minimum atomic E-state index is -0.711. The van der Waals surface area contributed by atoms with Crippen molar-refractivity contribution in [3.8, 4) is 0 Å². The third-order valence-electron chi connectivity index (χ3n) is 6.66. The van der Waals surface area contributed by atoms with Gasteiger partial charge in [-0.25, -0.2) is 0 Å². The van der Waals surface area contributed by atoms with Crippen LogP contribution in [0.5, 0.6) is 0 Å². The number of carbonyl (C=O) groups is 2. The summed E-state index contributed by atoms with van der Waals surface area (Å²) < 4.78 is 0. The van der Waals surface area contributed by atoms with E-state index in [2.05, 4.69) is 25.1 Å². The van der Waals surface area contributed by atoms with Crippen LogP contribution in [0.1, 0.15) is 94.7 Å². The van der Waals surface area contributed by atoms with E-state index in [1.165, 1.54) is 16.7 Å². The second kappa shape index (κ2) is 10.3. The van der Waals surface area contributed by atoms with Crippen molar-refractivity contribution in [2.45, 2.75) is 97.8 Å². The van der Waals surface area contributed by atoms with Gasteiger partial charge in [-0.05, 0) is 88.8 Å². The summed E-state index contributed by atoms with van der Waals surface area (Å²) in [5, 5.41) is 18.4. The van der Waals surface area contributed by atoms with Gasteiger partial charge in [0.05, 0.1) is 10.8 Å². The van der Waals surface area contributed by atoms with Gasteiger partial charge in [0.1, 0.15) is 0 Å². The average molecular weight is 403 g/mol. The first-order chi connectivity index (χ1) is 13.7. The van der Waals surface area contributed by atoms with Gasteiger partial charge >= 0.3 is 11.9 Å². The van der Waals surface area contributed by atoms with E-state index in [1.54, 1.807) is 13.8 Å². The fourth-order valence-corrected chi connectivity index (χ4v) is 4.05. The molecule has 1 aromatic carbocycles. The van der Waals surface area contributed by atoms with Crippen LogP contribution in [0.3, 0.4) is 0 Å². The highest BCUT2D eigenvalue weighted by atomic mass is 16.4. The Balaban J connectivity index is 1.64. The standard InChI is InChI=1S/C25H38O4/c1-19-18-20(10-6-4-8-14-24(2,3)22(26)27)12-13-21(19)11-7-5-9-15-25(16-17-25)23(28)29/h12-13,18H,4-11,14-17H2,1-3H3,(H,26,27)(H,28,29). The molecule has 2 rings (SSSR count). The van der Waals surface area contributed by atoms with Gasteiger partial charge in [0.15, 0.2) is 0 Å². The normalized spacial score (nSPS) is 15.3. The van der Waals surface area contributed by atoms with Gasteiger partial charge in [0.25, 0.3) is 0 Å². The highest BCUT2D eigenvalue weighted by molar-refractivity contribution is 5.77. The Morgan fingerprint density at radius 2 is 1.62 bits per heavy atom. The van der Waals surface area contributed by atoms with Gasteiger partial charge < -0.3 is 10.2 Å². The van der Waals surface area contributed by atoms with E-state index < -0.39 is 17.4 Å². The van der Waals surface area contributed by atoms with Crippen LogP contribution in [0.25, 0.3) is 0 Å². The van der Waals surface area contributed by atoms with Crippen LogP contribution in [0, 0.1) is 17.8 Å². The minimum absolute atomic E-state index is 0.374. The molecule has 1 fully saturated rings. The molecule has 1 saturated carbocycles. The van der Waals surface area contributed by atoms with Gasteiger partial charge in [-0.15, -0.1) is 0 Å². The second-order valence-corrected chi connectivity index (χ2v) is 9.66. The van der Waals surface area contributed by atoms with E-state index in [4.69, 9.17) is 5.11 Å². The van der Waals surface area contributed by atoms with Crippen LogP contribution in [0.15, 0.2) is 18.2 Å². The van der Waals surface area contributed by atoms with Crippen molar-refractivity contribution in [1.82, 2.24) is 0 Å². The van der Waals surface area contributed by atoms with Crippen molar-refractivity contribution in [3.05, 3.63) is 34.9 Å². The molecule has 2 N–H and O–H groups in total. The topological polar surface area (TPSA) is 74.6 Å². The molecule has 0 heterocycles. The van der Waals surface area contributed by atoms with E-state index in [1.807, 2.05) is 0 Å². The number of aliphatic carboxylic acids is 2. The molecule has 0 saturated heterocycles. The molecule has 1 aliphatic carbocycles. The van der Waals surface area contributed by atoms with Crippen molar-refractivity contribution in [2.75, 3.05) is 0 Å².